The maximum Gasteiger partial charge on any atom is 0.255 e. The predicted octanol–water partition coefficient (Wildman–Crippen LogP) is 2.42. The number of likely N-dealkylation sites (tertiary alicyclic amines) is 1. The van der Waals surface area contributed by atoms with Gasteiger partial charge in [-0.05, 0) is 37.0 Å². The van der Waals surface area contributed by atoms with Gasteiger partial charge in [-0.2, -0.15) is 11.8 Å². The summed E-state index contributed by atoms with van der Waals surface area (Å²) in [5, 5.41) is 7.06. The Balaban J connectivity index is 1.17. The van der Waals surface area contributed by atoms with Crippen molar-refractivity contribution in [2.45, 2.75) is 25.0 Å². The number of carbonyl (C=O) groups excluding carboxylic acids is 1. The van der Waals surface area contributed by atoms with E-state index in [4.69, 9.17) is 4.98 Å². The summed E-state index contributed by atoms with van der Waals surface area (Å²) in [6.07, 6.45) is 4.02. The molecule has 1 saturated carbocycles. The number of amides is 1. The van der Waals surface area contributed by atoms with Gasteiger partial charge in [-0.25, -0.2) is 9.97 Å². The fourth-order valence-corrected chi connectivity index (χ4v) is 6.70. The van der Waals surface area contributed by atoms with Gasteiger partial charge in [0.1, 0.15) is 5.66 Å². The van der Waals surface area contributed by atoms with Gasteiger partial charge >= 0.3 is 0 Å². The number of hydrogen-bond donors (Lipinski definition) is 2. The molecule has 1 aromatic heterocycles. The van der Waals surface area contributed by atoms with E-state index in [1.807, 2.05) is 48.3 Å². The highest BCUT2D eigenvalue weighted by Crippen LogP contribution is 2.47. The van der Waals surface area contributed by atoms with E-state index in [1.54, 1.807) is 0 Å². The second-order valence-electron chi connectivity index (χ2n) is 9.14. The molecule has 4 heterocycles. The Morgan fingerprint density at radius 2 is 2.00 bits per heavy atom. The molecule has 6 rings (SSSR count). The fourth-order valence-electron chi connectivity index (χ4n) is 5.80. The van der Waals surface area contributed by atoms with Crippen LogP contribution in [0.3, 0.4) is 0 Å². The normalized spacial score (nSPS) is 30.1. The van der Waals surface area contributed by atoms with Crippen LogP contribution in [0, 0.1) is 11.8 Å². The maximum atomic E-state index is 12.8. The van der Waals surface area contributed by atoms with Gasteiger partial charge in [-0.15, -0.1) is 0 Å². The van der Waals surface area contributed by atoms with Crippen LogP contribution in [-0.2, 0) is 6.54 Å². The molecule has 3 aliphatic heterocycles. The number of carbonyl (C=O) groups is 1. The molecular weight excluding hydrogens is 408 g/mol. The minimum atomic E-state index is -0.326. The predicted molar refractivity (Wildman–Crippen MR) is 123 cm³/mol. The Bertz CT molecular complexity index is 996. The third-order valence-electron chi connectivity index (χ3n) is 7.31. The molecule has 162 valence electrons. The third-order valence-corrected chi connectivity index (χ3v) is 8.25. The standard InChI is InChI=1S/C23H28N6OS/c30-21-18-3-1-2-4-20(18)26-23(27-21)7-5-16-13-28(15-19(16)23)14-17-6-8-24-22(25-17)29-9-11-31-12-10-29/h1-4,6,8,16,19,26H,5,7,9-15H2,(H,27,30)/t16-,19+,23+/m1/s1. The van der Waals surface area contributed by atoms with Gasteiger partial charge in [0, 0.05) is 62.0 Å². The molecule has 1 aliphatic carbocycles. The van der Waals surface area contributed by atoms with Crippen molar-refractivity contribution >= 4 is 29.3 Å². The number of nitrogens with zero attached hydrogens (tertiary/aromatic N) is 4. The van der Waals surface area contributed by atoms with Crippen LogP contribution < -0.4 is 15.5 Å². The molecule has 2 aromatic rings. The zero-order valence-corrected chi connectivity index (χ0v) is 18.4. The van der Waals surface area contributed by atoms with E-state index < -0.39 is 0 Å². The molecule has 1 amide bonds. The van der Waals surface area contributed by atoms with E-state index in [9.17, 15) is 4.79 Å². The molecule has 7 nitrogen and oxygen atoms in total. The van der Waals surface area contributed by atoms with E-state index in [1.165, 1.54) is 0 Å². The Labute approximate surface area is 187 Å². The highest BCUT2D eigenvalue weighted by atomic mass is 32.2. The molecule has 3 fully saturated rings. The van der Waals surface area contributed by atoms with E-state index in [0.717, 1.165) is 80.0 Å². The summed E-state index contributed by atoms with van der Waals surface area (Å²) in [5.74, 6) is 4.21. The fraction of sp³-hybridized carbons (Fsp3) is 0.522. The lowest BCUT2D eigenvalue weighted by Gasteiger charge is -2.42. The number of anilines is 2. The Morgan fingerprint density at radius 3 is 2.90 bits per heavy atom. The zero-order chi connectivity index (χ0) is 20.8. The molecule has 4 aliphatic rings. The van der Waals surface area contributed by atoms with Gasteiger partial charge in [0.15, 0.2) is 0 Å². The number of aromatic nitrogens is 2. The minimum Gasteiger partial charge on any atom is -0.362 e. The topological polar surface area (TPSA) is 73.4 Å². The summed E-state index contributed by atoms with van der Waals surface area (Å²) < 4.78 is 0. The summed E-state index contributed by atoms with van der Waals surface area (Å²) in [4.78, 5) is 27.0. The van der Waals surface area contributed by atoms with Gasteiger partial charge in [-0.3, -0.25) is 9.69 Å². The first-order chi connectivity index (χ1) is 15.2. The smallest absolute Gasteiger partial charge is 0.255 e. The van der Waals surface area contributed by atoms with Crippen LogP contribution in [-0.4, -0.2) is 64.1 Å². The molecule has 1 spiro atoms. The van der Waals surface area contributed by atoms with Crippen LogP contribution in [0.25, 0.3) is 0 Å². The van der Waals surface area contributed by atoms with Crippen molar-refractivity contribution in [2.24, 2.45) is 11.8 Å². The van der Waals surface area contributed by atoms with Gasteiger partial charge < -0.3 is 15.5 Å². The van der Waals surface area contributed by atoms with E-state index >= 15 is 0 Å². The lowest BCUT2D eigenvalue weighted by Crippen LogP contribution is -2.61. The number of rotatable bonds is 3. The zero-order valence-electron chi connectivity index (χ0n) is 17.6. The van der Waals surface area contributed by atoms with Crippen molar-refractivity contribution in [3.8, 4) is 0 Å². The highest BCUT2D eigenvalue weighted by Gasteiger charge is 2.54. The van der Waals surface area contributed by atoms with Crippen LogP contribution in [0.15, 0.2) is 36.5 Å². The second kappa shape index (κ2) is 7.67. The number of nitrogens with one attached hydrogen (secondary N) is 2. The number of hydrogen-bond acceptors (Lipinski definition) is 7. The van der Waals surface area contributed by atoms with E-state index in [2.05, 4.69) is 25.4 Å². The molecule has 1 aromatic carbocycles. The Kier molecular flexibility index (Phi) is 4.79. The Morgan fingerprint density at radius 1 is 1.13 bits per heavy atom. The summed E-state index contributed by atoms with van der Waals surface area (Å²) in [6, 6.07) is 9.89. The summed E-state index contributed by atoms with van der Waals surface area (Å²) in [6.45, 7) is 4.92. The summed E-state index contributed by atoms with van der Waals surface area (Å²) in [7, 11) is 0. The number of fused-ring (bicyclic) bond motifs is 3. The lowest BCUT2D eigenvalue weighted by atomic mass is 9.89. The highest BCUT2D eigenvalue weighted by molar-refractivity contribution is 7.99. The molecule has 31 heavy (non-hydrogen) atoms. The minimum absolute atomic E-state index is 0.0496. The summed E-state index contributed by atoms with van der Waals surface area (Å²) >= 11 is 2.00. The Hall–Kier alpha value is -2.32. The molecule has 2 N–H and O–H groups in total. The first-order valence-electron chi connectivity index (χ1n) is 11.3. The SMILES string of the molecule is O=C1N[C@]2(CC[C@@H]3CN(Cc4ccnc(N5CCSCC5)n4)C[C@@H]32)Nc2ccccc21. The van der Waals surface area contributed by atoms with Crippen LogP contribution in [0.4, 0.5) is 11.6 Å². The van der Waals surface area contributed by atoms with E-state index in [-0.39, 0.29) is 11.6 Å². The number of thioether (sulfide) groups is 1. The largest absolute Gasteiger partial charge is 0.362 e. The van der Waals surface area contributed by atoms with Gasteiger partial charge in [0.25, 0.3) is 5.91 Å². The second-order valence-corrected chi connectivity index (χ2v) is 10.4. The van der Waals surface area contributed by atoms with Gasteiger partial charge in [0.05, 0.1) is 11.3 Å². The molecule has 2 saturated heterocycles. The van der Waals surface area contributed by atoms with Crippen LogP contribution >= 0.6 is 11.8 Å². The quantitative estimate of drug-likeness (QED) is 0.766. The third kappa shape index (κ3) is 3.46. The maximum absolute atomic E-state index is 12.8. The molecule has 8 heteroatoms. The molecular formula is C23H28N6OS. The van der Waals surface area contributed by atoms with Crippen molar-refractivity contribution in [1.82, 2.24) is 20.2 Å². The number of para-hydroxylation sites is 1. The van der Waals surface area contributed by atoms with Crippen LogP contribution in [0.2, 0.25) is 0 Å². The first kappa shape index (κ1) is 19.4. The molecule has 0 unspecified atom stereocenters. The van der Waals surface area contributed by atoms with Crippen molar-refractivity contribution in [3.63, 3.8) is 0 Å². The monoisotopic (exact) mass is 436 g/mol. The van der Waals surface area contributed by atoms with Gasteiger partial charge in [0.2, 0.25) is 5.95 Å². The summed E-state index contributed by atoms with van der Waals surface area (Å²) in [5.41, 5.74) is 2.47. The number of benzene rings is 1. The van der Waals surface area contributed by atoms with Gasteiger partial charge in [-0.1, -0.05) is 12.1 Å². The first-order valence-corrected chi connectivity index (χ1v) is 12.4. The van der Waals surface area contributed by atoms with Crippen molar-refractivity contribution in [1.29, 1.82) is 0 Å². The average Bonchev–Trinajstić information content (AvgIpc) is 3.35. The molecule has 0 bridgehead atoms. The molecule has 3 atom stereocenters. The van der Waals surface area contributed by atoms with E-state index in [0.29, 0.717) is 11.8 Å². The van der Waals surface area contributed by atoms with Crippen molar-refractivity contribution in [2.75, 3.05) is 47.9 Å². The molecule has 0 radical (unpaired) electrons. The average molecular weight is 437 g/mol. The lowest BCUT2D eigenvalue weighted by molar-refractivity contribution is 0.0871. The van der Waals surface area contributed by atoms with Crippen molar-refractivity contribution < 1.29 is 4.79 Å². The van der Waals surface area contributed by atoms with Crippen LogP contribution in [0.5, 0.6) is 0 Å². The van der Waals surface area contributed by atoms with Crippen LogP contribution in [0.1, 0.15) is 28.9 Å². The van der Waals surface area contributed by atoms with Crippen molar-refractivity contribution in [3.05, 3.63) is 47.8 Å².